The third-order valence-corrected chi connectivity index (χ3v) is 3.69. The number of hydrogen-bond acceptors (Lipinski definition) is 4. The van der Waals surface area contributed by atoms with Gasteiger partial charge in [0.1, 0.15) is 5.01 Å². The molecule has 3 nitrogen and oxygen atoms in total. The van der Waals surface area contributed by atoms with Gasteiger partial charge in [-0.05, 0) is 5.92 Å². The van der Waals surface area contributed by atoms with Crippen LogP contribution >= 0.6 is 11.3 Å². The normalized spacial score (nSPS) is 14.3. The molecule has 2 N–H and O–H groups in total. The van der Waals surface area contributed by atoms with Crippen molar-refractivity contribution in [2.45, 2.75) is 52.6 Å². The Morgan fingerprint density at radius 3 is 2.47 bits per heavy atom. The van der Waals surface area contributed by atoms with E-state index in [9.17, 15) is 5.11 Å². The molecule has 0 bridgehead atoms. The lowest BCUT2D eigenvalue weighted by Gasteiger charge is -2.19. The SMILES string of the molecule is CC(C)C(CO)NCc1nc(C(C)(C)C)cs1. The molecular weight excluding hydrogens is 232 g/mol. The summed E-state index contributed by atoms with van der Waals surface area (Å²) in [6, 6.07) is 0.150. The topological polar surface area (TPSA) is 45.1 Å². The molecule has 0 spiro atoms. The van der Waals surface area contributed by atoms with Gasteiger partial charge in [-0.2, -0.15) is 0 Å². The van der Waals surface area contributed by atoms with Crippen LogP contribution in [0.4, 0.5) is 0 Å². The van der Waals surface area contributed by atoms with Gasteiger partial charge in [0.15, 0.2) is 0 Å². The zero-order valence-electron chi connectivity index (χ0n) is 11.4. The highest BCUT2D eigenvalue weighted by molar-refractivity contribution is 7.09. The molecule has 1 aromatic heterocycles. The van der Waals surface area contributed by atoms with Gasteiger partial charge in [-0.3, -0.25) is 0 Å². The van der Waals surface area contributed by atoms with Crippen molar-refractivity contribution in [3.05, 3.63) is 16.1 Å². The van der Waals surface area contributed by atoms with Crippen LogP contribution in [0.1, 0.15) is 45.3 Å². The molecule has 98 valence electrons. The molecule has 1 unspecified atom stereocenters. The zero-order valence-corrected chi connectivity index (χ0v) is 12.3. The summed E-state index contributed by atoms with van der Waals surface area (Å²) >= 11 is 1.69. The van der Waals surface area contributed by atoms with E-state index in [0.717, 1.165) is 17.2 Å². The Morgan fingerprint density at radius 2 is 2.06 bits per heavy atom. The third kappa shape index (κ3) is 4.37. The Balaban J connectivity index is 2.56. The van der Waals surface area contributed by atoms with E-state index in [1.54, 1.807) is 11.3 Å². The van der Waals surface area contributed by atoms with E-state index in [1.165, 1.54) is 0 Å². The Morgan fingerprint density at radius 1 is 1.41 bits per heavy atom. The fraction of sp³-hybridized carbons (Fsp3) is 0.769. The van der Waals surface area contributed by atoms with Gasteiger partial charge in [0.25, 0.3) is 0 Å². The van der Waals surface area contributed by atoms with Crippen LogP contribution in [0.5, 0.6) is 0 Å². The summed E-state index contributed by atoms with van der Waals surface area (Å²) in [6.45, 7) is 11.6. The average molecular weight is 256 g/mol. The lowest BCUT2D eigenvalue weighted by molar-refractivity contribution is 0.210. The molecule has 1 rings (SSSR count). The molecule has 1 heterocycles. The quantitative estimate of drug-likeness (QED) is 0.851. The molecular formula is C13H24N2OS. The van der Waals surface area contributed by atoms with Crippen molar-refractivity contribution < 1.29 is 5.11 Å². The first-order valence-corrected chi connectivity index (χ1v) is 7.01. The first-order chi connectivity index (χ1) is 7.84. The zero-order chi connectivity index (χ0) is 13.1. The van der Waals surface area contributed by atoms with Gasteiger partial charge in [0, 0.05) is 23.4 Å². The van der Waals surface area contributed by atoms with Gasteiger partial charge in [-0.25, -0.2) is 4.98 Å². The lowest BCUT2D eigenvalue weighted by atomic mass is 9.93. The molecule has 0 aromatic carbocycles. The molecule has 1 aromatic rings. The standard InChI is InChI=1S/C13H24N2OS/c1-9(2)10(7-16)14-6-12-15-11(8-17-12)13(3,4)5/h8-10,14,16H,6-7H2,1-5H3. The molecule has 0 aliphatic rings. The molecule has 0 saturated heterocycles. The van der Waals surface area contributed by atoms with Crippen molar-refractivity contribution in [2.24, 2.45) is 5.92 Å². The monoisotopic (exact) mass is 256 g/mol. The van der Waals surface area contributed by atoms with Crippen LogP contribution in [-0.2, 0) is 12.0 Å². The second-order valence-electron chi connectivity index (χ2n) is 5.79. The number of aromatic nitrogens is 1. The Hall–Kier alpha value is -0.450. The van der Waals surface area contributed by atoms with Crippen molar-refractivity contribution >= 4 is 11.3 Å². The molecule has 1 atom stereocenters. The van der Waals surface area contributed by atoms with Crippen LogP contribution in [0.2, 0.25) is 0 Å². The summed E-state index contributed by atoms with van der Waals surface area (Å²) in [7, 11) is 0. The average Bonchev–Trinajstić information content (AvgIpc) is 2.66. The minimum absolute atomic E-state index is 0.114. The maximum Gasteiger partial charge on any atom is 0.107 e. The maximum atomic E-state index is 9.23. The summed E-state index contributed by atoms with van der Waals surface area (Å²) in [5.41, 5.74) is 1.26. The van der Waals surface area contributed by atoms with E-state index in [-0.39, 0.29) is 18.1 Å². The number of hydrogen-bond donors (Lipinski definition) is 2. The third-order valence-electron chi connectivity index (χ3n) is 2.84. The maximum absolute atomic E-state index is 9.23. The van der Waals surface area contributed by atoms with E-state index in [0.29, 0.717) is 5.92 Å². The van der Waals surface area contributed by atoms with Crippen LogP contribution in [0, 0.1) is 5.92 Å². The number of rotatable bonds is 5. The summed E-state index contributed by atoms with van der Waals surface area (Å²) < 4.78 is 0. The molecule has 17 heavy (non-hydrogen) atoms. The molecule has 0 amide bonds. The van der Waals surface area contributed by atoms with Crippen LogP contribution in [0.15, 0.2) is 5.38 Å². The first-order valence-electron chi connectivity index (χ1n) is 6.13. The number of aliphatic hydroxyl groups excluding tert-OH is 1. The molecule has 0 aliphatic carbocycles. The van der Waals surface area contributed by atoms with Crippen LogP contribution in [-0.4, -0.2) is 22.7 Å². The molecule has 0 aliphatic heterocycles. The van der Waals surface area contributed by atoms with E-state index in [1.807, 2.05) is 0 Å². The predicted molar refractivity (Wildman–Crippen MR) is 73.4 cm³/mol. The predicted octanol–water partition coefficient (Wildman–Crippen LogP) is 2.55. The van der Waals surface area contributed by atoms with Crippen molar-refractivity contribution in [2.75, 3.05) is 6.61 Å². The second kappa shape index (κ2) is 5.94. The lowest BCUT2D eigenvalue weighted by Crippen LogP contribution is -2.36. The Kier molecular flexibility index (Phi) is 5.10. The van der Waals surface area contributed by atoms with Crippen LogP contribution in [0.25, 0.3) is 0 Å². The summed E-state index contributed by atoms with van der Waals surface area (Å²) in [5, 5.41) is 15.8. The fourth-order valence-electron chi connectivity index (χ4n) is 1.47. The fourth-order valence-corrected chi connectivity index (χ4v) is 2.44. The molecule has 0 fully saturated rings. The second-order valence-corrected chi connectivity index (χ2v) is 6.73. The van der Waals surface area contributed by atoms with E-state index in [4.69, 9.17) is 0 Å². The van der Waals surface area contributed by atoms with Gasteiger partial charge in [0.05, 0.1) is 12.3 Å². The van der Waals surface area contributed by atoms with Gasteiger partial charge in [0.2, 0.25) is 0 Å². The van der Waals surface area contributed by atoms with Crippen molar-refractivity contribution in [3.8, 4) is 0 Å². The summed E-state index contributed by atoms with van der Waals surface area (Å²) in [5.74, 6) is 0.432. The summed E-state index contributed by atoms with van der Waals surface area (Å²) in [4.78, 5) is 4.62. The van der Waals surface area contributed by atoms with Crippen LogP contribution < -0.4 is 5.32 Å². The smallest absolute Gasteiger partial charge is 0.107 e. The first kappa shape index (κ1) is 14.6. The van der Waals surface area contributed by atoms with Gasteiger partial charge < -0.3 is 10.4 Å². The van der Waals surface area contributed by atoms with Crippen molar-refractivity contribution in [3.63, 3.8) is 0 Å². The minimum Gasteiger partial charge on any atom is -0.395 e. The van der Waals surface area contributed by atoms with E-state index in [2.05, 4.69) is 50.3 Å². The number of aliphatic hydroxyl groups is 1. The van der Waals surface area contributed by atoms with Gasteiger partial charge in [-0.15, -0.1) is 11.3 Å². The highest BCUT2D eigenvalue weighted by Gasteiger charge is 2.18. The molecule has 0 saturated carbocycles. The number of nitrogens with zero attached hydrogens (tertiary/aromatic N) is 1. The van der Waals surface area contributed by atoms with Crippen molar-refractivity contribution in [1.29, 1.82) is 0 Å². The van der Waals surface area contributed by atoms with E-state index < -0.39 is 0 Å². The largest absolute Gasteiger partial charge is 0.395 e. The number of nitrogens with one attached hydrogen (secondary N) is 1. The minimum atomic E-state index is 0.114. The van der Waals surface area contributed by atoms with Crippen LogP contribution in [0.3, 0.4) is 0 Å². The van der Waals surface area contributed by atoms with Crippen molar-refractivity contribution in [1.82, 2.24) is 10.3 Å². The Bertz CT molecular complexity index is 341. The highest BCUT2D eigenvalue weighted by atomic mass is 32.1. The Labute approximate surface area is 108 Å². The van der Waals surface area contributed by atoms with E-state index >= 15 is 0 Å². The highest BCUT2D eigenvalue weighted by Crippen LogP contribution is 2.23. The van der Waals surface area contributed by atoms with Gasteiger partial charge in [-0.1, -0.05) is 34.6 Å². The molecule has 4 heteroatoms. The summed E-state index contributed by atoms with van der Waals surface area (Å²) in [6.07, 6.45) is 0. The molecule has 0 radical (unpaired) electrons. The number of thiazole rings is 1. The van der Waals surface area contributed by atoms with Gasteiger partial charge >= 0.3 is 0 Å².